The molecule has 2 rings (SSSR count). The lowest BCUT2D eigenvalue weighted by atomic mass is 10.2. The van der Waals surface area contributed by atoms with Crippen LogP contribution in [-0.2, 0) is 9.53 Å². The standard InChI is InChI=1S/C16H28N6O2/c17-1-3-20-5-7-22(8-6-20)14-15(13-18)16(23)19-2-4-21-9-11-24-12-10-21/h14H,1-12,17H2,(H,19,23)/b15-14-. The van der Waals surface area contributed by atoms with Crippen molar-refractivity contribution in [1.29, 1.82) is 5.26 Å². The number of hydrogen-bond donors (Lipinski definition) is 2. The third-order valence-corrected chi connectivity index (χ3v) is 4.35. The SMILES string of the molecule is N#C/C(=C/N1CCN(CCN)CC1)C(=O)NCCN1CCOCC1. The summed E-state index contributed by atoms with van der Waals surface area (Å²) in [5.74, 6) is -0.296. The quantitative estimate of drug-likeness (QED) is 0.428. The number of nitrogens with zero attached hydrogens (tertiary/aromatic N) is 4. The fraction of sp³-hybridized carbons (Fsp3) is 0.750. The molecule has 0 aromatic heterocycles. The summed E-state index contributed by atoms with van der Waals surface area (Å²) in [6.07, 6.45) is 1.68. The van der Waals surface area contributed by atoms with E-state index in [1.165, 1.54) is 0 Å². The summed E-state index contributed by atoms with van der Waals surface area (Å²) in [5.41, 5.74) is 5.73. The smallest absolute Gasteiger partial charge is 0.263 e. The van der Waals surface area contributed by atoms with E-state index in [1.807, 2.05) is 11.0 Å². The number of carbonyl (C=O) groups excluding carboxylic acids is 1. The number of nitrogens with two attached hydrogens (primary N) is 1. The van der Waals surface area contributed by atoms with Gasteiger partial charge >= 0.3 is 0 Å². The molecule has 2 fully saturated rings. The van der Waals surface area contributed by atoms with Gasteiger partial charge in [-0.3, -0.25) is 14.6 Å². The largest absolute Gasteiger partial charge is 0.379 e. The first kappa shape index (κ1) is 18.7. The Kier molecular flexibility index (Phi) is 7.98. The predicted octanol–water partition coefficient (Wildman–Crippen LogP) is -1.58. The number of nitriles is 1. The molecule has 3 N–H and O–H groups in total. The van der Waals surface area contributed by atoms with Crippen LogP contribution in [0.25, 0.3) is 0 Å². The number of rotatable bonds is 7. The first-order valence-electron chi connectivity index (χ1n) is 8.59. The van der Waals surface area contributed by atoms with Crippen molar-refractivity contribution in [2.45, 2.75) is 0 Å². The maximum atomic E-state index is 12.2. The molecule has 8 nitrogen and oxygen atoms in total. The van der Waals surface area contributed by atoms with E-state index >= 15 is 0 Å². The van der Waals surface area contributed by atoms with Gasteiger partial charge in [-0.1, -0.05) is 0 Å². The molecule has 0 radical (unpaired) electrons. The molecule has 1 amide bonds. The molecule has 134 valence electrons. The van der Waals surface area contributed by atoms with Gasteiger partial charge < -0.3 is 20.7 Å². The highest BCUT2D eigenvalue weighted by atomic mass is 16.5. The van der Waals surface area contributed by atoms with Gasteiger partial charge in [-0.15, -0.1) is 0 Å². The molecule has 0 bridgehead atoms. The summed E-state index contributed by atoms with van der Waals surface area (Å²) in [6, 6.07) is 2.01. The number of ether oxygens (including phenoxy) is 1. The molecular formula is C16H28N6O2. The van der Waals surface area contributed by atoms with E-state index < -0.39 is 0 Å². The van der Waals surface area contributed by atoms with E-state index in [0.29, 0.717) is 13.1 Å². The van der Waals surface area contributed by atoms with Crippen molar-refractivity contribution < 1.29 is 9.53 Å². The van der Waals surface area contributed by atoms with Gasteiger partial charge in [-0.05, 0) is 0 Å². The highest BCUT2D eigenvalue weighted by molar-refractivity contribution is 5.97. The molecule has 0 aromatic rings. The Morgan fingerprint density at radius 3 is 2.42 bits per heavy atom. The number of nitrogens with one attached hydrogen (secondary N) is 1. The average molecular weight is 336 g/mol. The van der Waals surface area contributed by atoms with Crippen LogP contribution >= 0.6 is 0 Å². The average Bonchev–Trinajstić information content (AvgIpc) is 2.62. The second-order valence-electron chi connectivity index (χ2n) is 6.03. The van der Waals surface area contributed by atoms with Crippen LogP contribution in [0.3, 0.4) is 0 Å². The Morgan fingerprint density at radius 1 is 1.12 bits per heavy atom. The van der Waals surface area contributed by atoms with Crippen molar-refractivity contribution in [3.8, 4) is 6.07 Å². The van der Waals surface area contributed by atoms with Crippen molar-refractivity contribution in [2.24, 2.45) is 5.73 Å². The van der Waals surface area contributed by atoms with Crippen molar-refractivity contribution in [2.75, 3.05) is 78.7 Å². The van der Waals surface area contributed by atoms with E-state index in [1.54, 1.807) is 6.20 Å². The molecule has 2 aliphatic rings. The summed E-state index contributed by atoms with van der Waals surface area (Å²) in [7, 11) is 0. The molecule has 2 saturated heterocycles. The van der Waals surface area contributed by atoms with Crippen molar-refractivity contribution in [1.82, 2.24) is 20.0 Å². The van der Waals surface area contributed by atoms with Crippen LogP contribution < -0.4 is 11.1 Å². The van der Waals surface area contributed by atoms with E-state index in [2.05, 4.69) is 15.1 Å². The van der Waals surface area contributed by atoms with E-state index in [9.17, 15) is 10.1 Å². The van der Waals surface area contributed by atoms with E-state index in [4.69, 9.17) is 10.5 Å². The molecule has 0 spiro atoms. The summed E-state index contributed by atoms with van der Waals surface area (Å²) in [6.45, 7) is 9.59. The fourth-order valence-corrected chi connectivity index (χ4v) is 2.87. The van der Waals surface area contributed by atoms with Crippen LogP contribution in [0.15, 0.2) is 11.8 Å². The number of morpholine rings is 1. The van der Waals surface area contributed by atoms with Gasteiger partial charge in [-0.25, -0.2) is 0 Å². The topological polar surface area (TPSA) is 97.9 Å². The van der Waals surface area contributed by atoms with Crippen molar-refractivity contribution >= 4 is 5.91 Å². The van der Waals surface area contributed by atoms with Gasteiger partial charge in [0, 0.05) is 71.6 Å². The summed E-state index contributed by atoms with van der Waals surface area (Å²) in [4.78, 5) is 18.7. The van der Waals surface area contributed by atoms with Crippen LogP contribution in [0.1, 0.15) is 0 Å². The summed E-state index contributed by atoms with van der Waals surface area (Å²) < 4.78 is 5.29. The van der Waals surface area contributed by atoms with E-state index in [-0.39, 0.29) is 11.5 Å². The third-order valence-electron chi connectivity index (χ3n) is 4.35. The predicted molar refractivity (Wildman–Crippen MR) is 91.0 cm³/mol. The maximum Gasteiger partial charge on any atom is 0.263 e. The number of piperazine rings is 1. The number of carbonyl (C=O) groups is 1. The molecular weight excluding hydrogens is 308 g/mol. The lowest BCUT2D eigenvalue weighted by Crippen LogP contribution is -2.46. The highest BCUT2D eigenvalue weighted by Gasteiger charge is 2.17. The van der Waals surface area contributed by atoms with Gasteiger partial charge in [0.2, 0.25) is 0 Å². The molecule has 0 atom stereocenters. The Labute approximate surface area is 143 Å². The molecule has 2 heterocycles. The second kappa shape index (κ2) is 10.3. The van der Waals surface area contributed by atoms with Gasteiger partial charge in [0.05, 0.1) is 13.2 Å². The molecule has 0 saturated carbocycles. The summed E-state index contributed by atoms with van der Waals surface area (Å²) in [5, 5.41) is 12.1. The molecule has 24 heavy (non-hydrogen) atoms. The second-order valence-corrected chi connectivity index (χ2v) is 6.03. The van der Waals surface area contributed by atoms with Crippen LogP contribution in [-0.4, -0.2) is 99.3 Å². The van der Waals surface area contributed by atoms with Crippen LogP contribution in [0, 0.1) is 11.3 Å². The maximum absolute atomic E-state index is 12.2. The minimum Gasteiger partial charge on any atom is -0.379 e. The minimum absolute atomic E-state index is 0.171. The Balaban J connectivity index is 1.73. The lowest BCUT2D eigenvalue weighted by molar-refractivity contribution is -0.117. The molecule has 0 unspecified atom stereocenters. The zero-order valence-corrected chi connectivity index (χ0v) is 14.2. The Hall–Kier alpha value is -1.66. The summed E-state index contributed by atoms with van der Waals surface area (Å²) >= 11 is 0. The van der Waals surface area contributed by atoms with Crippen molar-refractivity contribution in [3.05, 3.63) is 11.8 Å². The minimum atomic E-state index is -0.296. The molecule has 2 aliphatic heterocycles. The first-order chi connectivity index (χ1) is 11.7. The van der Waals surface area contributed by atoms with Gasteiger partial charge in [0.15, 0.2) is 0 Å². The molecule has 8 heteroatoms. The third kappa shape index (κ3) is 6.09. The van der Waals surface area contributed by atoms with Gasteiger partial charge in [0.25, 0.3) is 5.91 Å². The van der Waals surface area contributed by atoms with E-state index in [0.717, 1.165) is 65.6 Å². The zero-order valence-electron chi connectivity index (χ0n) is 14.2. The van der Waals surface area contributed by atoms with Crippen LogP contribution in [0.2, 0.25) is 0 Å². The van der Waals surface area contributed by atoms with Gasteiger partial charge in [-0.2, -0.15) is 5.26 Å². The highest BCUT2D eigenvalue weighted by Crippen LogP contribution is 2.05. The van der Waals surface area contributed by atoms with Gasteiger partial charge in [0.1, 0.15) is 11.6 Å². The Bertz CT molecular complexity index is 462. The lowest BCUT2D eigenvalue weighted by Gasteiger charge is -2.33. The van der Waals surface area contributed by atoms with Crippen LogP contribution in [0.5, 0.6) is 0 Å². The fourth-order valence-electron chi connectivity index (χ4n) is 2.87. The first-order valence-corrected chi connectivity index (χ1v) is 8.59. The Morgan fingerprint density at radius 2 is 1.79 bits per heavy atom. The zero-order chi connectivity index (χ0) is 17.2. The number of amides is 1. The molecule has 0 aromatic carbocycles. The molecule has 0 aliphatic carbocycles. The van der Waals surface area contributed by atoms with Crippen LogP contribution in [0.4, 0.5) is 0 Å². The normalized spacial score (nSPS) is 20.7. The number of hydrogen-bond acceptors (Lipinski definition) is 7. The monoisotopic (exact) mass is 336 g/mol. The van der Waals surface area contributed by atoms with Crippen molar-refractivity contribution in [3.63, 3.8) is 0 Å².